The zero-order valence-electron chi connectivity index (χ0n) is 12.3. The summed E-state index contributed by atoms with van der Waals surface area (Å²) in [6.07, 6.45) is 0. The summed E-state index contributed by atoms with van der Waals surface area (Å²) in [6, 6.07) is 13.9. The maximum atomic E-state index is 6.35. The summed E-state index contributed by atoms with van der Waals surface area (Å²) in [7, 11) is 0. The predicted molar refractivity (Wildman–Crippen MR) is 92.5 cm³/mol. The molecule has 2 nitrogen and oxygen atoms in total. The molecule has 1 atom stereocenters. The van der Waals surface area contributed by atoms with Crippen molar-refractivity contribution < 1.29 is 0 Å². The highest BCUT2D eigenvalue weighted by Gasteiger charge is 2.23. The summed E-state index contributed by atoms with van der Waals surface area (Å²) < 4.78 is 0. The van der Waals surface area contributed by atoms with Crippen LogP contribution >= 0.6 is 23.2 Å². The quantitative estimate of drug-likeness (QED) is 0.854. The fourth-order valence-corrected chi connectivity index (χ4v) is 3.20. The standard InChI is InChI=1S/C17H20Cl2N2/c1-3-21(13-9-7-12(2)8-10-13)16(11-20)17-14(18)5-4-6-15(17)19/h4-10,16H,3,11,20H2,1-2H3. The highest BCUT2D eigenvalue weighted by Crippen LogP contribution is 2.35. The Morgan fingerprint density at radius 3 is 2.10 bits per heavy atom. The third-order valence-corrected chi connectivity index (χ3v) is 4.30. The molecule has 0 fully saturated rings. The third-order valence-electron chi connectivity index (χ3n) is 3.64. The van der Waals surface area contributed by atoms with Crippen LogP contribution in [0, 0.1) is 6.92 Å². The lowest BCUT2D eigenvalue weighted by Crippen LogP contribution is -2.34. The van der Waals surface area contributed by atoms with Crippen LogP contribution in [0.15, 0.2) is 42.5 Å². The lowest BCUT2D eigenvalue weighted by molar-refractivity contribution is 0.643. The summed E-state index contributed by atoms with van der Waals surface area (Å²) >= 11 is 12.7. The van der Waals surface area contributed by atoms with Gasteiger partial charge in [-0.3, -0.25) is 0 Å². The molecule has 2 aromatic carbocycles. The van der Waals surface area contributed by atoms with Crippen LogP contribution in [0.5, 0.6) is 0 Å². The summed E-state index contributed by atoms with van der Waals surface area (Å²) in [5.41, 5.74) is 9.27. The number of aryl methyl sites for hydroxylation is 1. The fraction of sp³-hybridized carbons (Fsp3) is 0.294. The van der Waals surface area contributed by atoms with Gasteiger partial charge in [-0.05, 0) is 38.1 Å². The van der Waals surface area contributed by atoms with Crippen LogP contribution < -0.4 is 10.6 Å². The van der Waals surface area contributed by atoms with Gasteiger partial charge in [-0.15, -0.1) is 0 Å². The van der Waals surface area contributed by atoms with Crippen LogP contribution in [-0.2, 0) is 0 Å². The number of hydrogen-bond donors (Lipinski definition) is 1. The van der Waals surface area contributed by atoms with Crippen LogP contribution in [0.4, 0.5) is 5.69 Å². The molecule has 0 aromatic heterocycles. The zero-order valence-corrected chi connectivity index (χ0v) is 13.8. The molecule has 0 aliphatic heterocycles. The lowest BCUT2D eigenvalue weighted by atomic mass is 10.0. The van der Waals surface area contributed by atoms with Crippen molar-refractivity contribution >= 4 is 28.9 Å². The SMILES string of the molecule is CCN(c1ccc(C)cc1)C(CN)c1c(Cl)cccc1Cl. The van der Waals surface area contributed by atoms with Crippen molar-refractivity contribution in [3.05, 3.63) is 63.6 Å². The first kappa shape index (κ1) is 16.2. The minimum atomic E-state index is -0.0427. The Balaban J connectivity index is 2.45. The van der Waals surface area contributed by atoms with E-state index in [1.165, 1.54) is 5.56 Å². The van der Waals surface area contributed by atoms with E-state index in [9.17, 15) is 0 Å². The normalized spacial score (nSPS) is 12.2. The fourth-order valence-electron chi connectivity index (χ4n) is 2.55. The second-order valence-corrected chi connectivity index (χ2v) is 5.82. The Hall–Kier alpha value is -1.22. The van der Waals surface area contributed by atoms with Crippen molar-refractivity contribution in [1.29, 1.82) is 0 Å². The molecule has 0 saturated carbocycles. The molecule has 21 heavy (non-hydrogen) atoms. The zero-order chi connectivity index (χ0) is 15.4. The minimum Gasteiger partial charge on any atom is -0.363 e. The molecule has 112 valence electrons. The molecule has 0 spiro atoms. The van der Waals surface area contributed by atoms with E-state index in [-0.39, 0.29) is 6.04 Å². The predicted octanol–water partition coefficient (Wildman–Crippen LogP) is 4.83. The molecule has 2 rings (SSSR count). The van der Waals surface area contributed by atoms with Gasteiger partial charge in [0.25, 0.3) is 0 Å². The van der Waals surface area contributed by atoms with Crippen molar-refractivity contribution in [1.82, 2.24) is 0 Å². The largest absolute Gasteiger partial charge is 0.363 e. The van der Waals surface area contributed by atoms with Crippen LogP contribution in [0.3, 0.4) is 0 Å². The van der Waals surface area contributed by atoms with Crippen LogP contribution in [0.2, 0.25) is 10.0 Å². The average molecular weight is 323 g/mol. The molecular formula is C17H20Cl2N2. The van der Waals surface area contributed by atoms with E-state index in [0.29, 0.717) is 16.6 Å². The van der Waals surface area contributed by atoms with Gasteiger partial charge in [0.1, 0.15) is 0 Å². The number of nitrogens with zero attached hydrogens (tertiary/aromatic N) is 1. The first-order chi connectivity index (χ1) is 10.1. The molecule has 1 unspecified atom stereocenters. The smallest absolute Gasteiger partial charge is 0.0693 e. The van der Waals surface area contributed by atoms with Gasteiger partial charge in [0.15, 0.2) is 0 Å². The molecule has 0 saturated heterocycles. The average Bonchev–Trinajstić information content (AvgIpc) is 2.47. The second-order valence-electron chi connectivity index (χ2n) is 5.01. The Bertz CT molecular complexity index is 576. The van der Waals surface area contributed by atoms with Gasteiger partial charge in [0, 0.05) is 34.4 Å². The van der Waals surface area contributed by atoms with Crippen molar-refractivity contribution in [2.24, 2.45) is 5.73 Å². The van der Waals surface area contributed by atoms with Crippen LogP contribution in [-0.4, -0.2) is 13.1 Å². The molecule has 0 amide bonds. The molecule has 2 N–H and O–H groups in total. The third kappa shape index (κ3) is 3.52. The highest BCUT2D eigenvalue weighted by molar-refractivity contribution is 6.36. The van der Waals surface area contributed by atoms with E-state index in [2.05, 4.69) is 43.0 Å². The molecule has 0 bridgehead atoms. The molecule has 4 heteroatoms. The Labute approximate surface area is 136 Å². The van der Waals surface area contributed by atoms with Gasteiger partial charge in [-0.25, -0.2) is 0 Å². The molecule has 0 heterocycles. The van der Waals surface area contributed by atoms with E-state index in [0.717, 1.165) is 17.8 Å². The summed E-state index contributed by atoms with van der Waals surface area (Å²) in [4.78, 5) is 2.23. The van der Waals surface area contributed by atoms with Gasteiger partial charge in [0.2, 0.25) is 0 Å². The first-order valence-electron chi connectivity index (χ1n) is 7.05. The lowest BCUT2D eigenvalue weighted by Gasteiger charge is -2.33. The molecule has 0 aliphatic rings. The Morgan fingerprint density at radius 2 is 1.62 bits per heavy atom. The molecular weight excluding hydrogens is 303 g/mol. The van der Waals surface area contributed by atoms with Gasteiger partial charge < -0.3 is 10.6 Å². The maximum Gasteiger partial charge on any atom is 0.0693 e. The van der Waals surface area contributed by atoms with Crippen molar-refractivity contribution in [3.63, 3.8) is 0 Å². The number of hydrogen-bond acceptors (Lipinski definition) is 2. The number of halogens is 2. The van der Waals surface area contributed by atoms with E-state index in [1.54, 1.807) is 0 Å². The van der Waals surface area contributed by atoms with E-state index >= 15 is 0 Å². The first-order valence-corrected chi connectivity index (χ1v) is 7.81. The van der Waals surface area contributed by atoms with Gasteiger partial charge >= 0.3 is 0 Å². The van der Waals surface area contributed by atoms with Crippen molar-refractivity contribution in [2.45, 2.75) is 19.9 Å². The van der Waals surface area contributed by atoms with Crippen molar-refractivity contribution in [3.8, 4) is 0 Å². The topological polar surface area (TPSA) is 29.3 Å². The van der Waals surface area contributed by atoms with Gasteiger partial charge in [0.05, 0.1) is 6.04 Å². The number of nitrogens with two attached hydrogens (primary N) is 1. The Morgan fingerprint density at radius 1 is 1.05 bits per heavy atom. The number of benzene rings is 2. The van der Waals surface area contributed by atoms with Gasteiger partial charge in [-0.1, -0.05) is 47.0 Å². The maximum absolute atomic E-state index is 6.35. The van der Waals surface area contributed by atoms with E-state index in [4.69, 9.17) is 28.9 Å². The van der Waals surface area contributed by atoms with Crippen LogP contribution in [0.25, 0.3) is 0 Å². The Kier molecular flexibility index (Phi) is 5.51. The van der Waals surface area contributed by atoms with E-state index < -0.39 is 0 Å². The number of likely N-dealkylation sites (N-methyl/N-ethyl adjacent to an activating group) is 1. The van der Waals surface area contributed by atoms with Gasteiger partial charge in [-0.2, -0.15) is 0 Å². The highest BCUT2D eigenvalue weighted by atomic mass is 35.5. The summed E-state index contributed by atoms with van der Waals surface area (Å²) in [6.45, 7) is 5.45. The van der Waals surface area contributed by atoms with Crippen LogP contribution in [0.1, 0.15) is 24.1 Å². The number of rotatable bonds is 5. The second kappa shape index (κ2) is 7.17. The summed E-state index contributed by atoms with van der Waals surface area (Å²) in [5.74, 6) is 0. The van der Waals surface area contributed by atoms with Crippen molar-refractivity contribution in [2.75, 3.05) is 18.0 Å². The molecule has 2 aromatic rings. The van der Waals surface area contributed by atoms with E-state index in [1.807, 2.05) is 18.2 Å². The monoisotopic (exact) mass is 322 g/mol. The number of anilines is 1. The molecule has 0 radical (unpaired) electrons. The summed E-state index contributed by atoms with van der Waals surface area (Å²) in [5, 5.41) is 1.31. The minimum absolute atomic E-state index is 0.0427. The molecule has 0 aliphatic carbocycles.